The van der Waals surface area contributed by atoms with Crippen molar-refractivity contribution in [2.75, 3.05) is 36.9 Å². The van der Waals surface area contributed by atoms with Crippen molar-refractivity contribution in [3.8, 4) is 0 Å². The van der Waals surface area contributed by atoms with Crippen molar-refractivity contribution >= 4 is 29.2 Å². The highest BCUT2D eigenvalue weighted by molar-refractivity contribution is 6.03. The van der Waals surface area contributed by atoms with Crippen molar-refractivity contribution < 1.29 is 19.1 Å². The molecule has 3 N–H and O–H groups in total. The Hall–Kier alpha value is -3.39. The lowest BCUT2D eigenvalue weighted by Crippen LogP contribution is -2.41. The molecule has 2 aromatic carbocycles. The van der Waals surface area contributed by atoms with Gasteiger partial charge in [-0.1, -0.05) is 24.3 Å². The highest BCUT2D eigenvalue weighted by atomic mass is 16.5. The summed E-state index contributed by atoms with van der Waals surface area (Å²) in [6, 6.07) is 13.5. The summed E-state index contributed by atoms with van der Waals surface area (Å²) in [4.78, 5) is 38.4. The van der Waals surface area contributed by atoms with Crippen molar-refractivity contribution in [2.45, 2.75) is 19.9 Å². The number of morpholine rings is 1. The number of nitrogens with one attached hydrogen (secondary N) is 3. The van der Waals surface area contributed by atoms with Crippen LogP contribution >= 0.6 is 0 Å². The number of nitrogens with zero attached hydrogens (tertiary/aromatic N) is 1. The Bertz CT molecular complexity index is 925. The standard InChI is InChI=1S/C22H26N4O4/c1-15(17-6-5-7-18(14-17)24-16(2)27)23-22(29)25-20-9-4-3-8-19(20)21(28)26-10-12-30-13-11-26/h3-9,14-15H,10-13H2,1-2H3,(H,24,27)(H2,23,25,29). The van der Waals surface area contributed by atoms with Gasteiger partial charge in [-0.2, -0.15) is 0 Å². The first-order chi connectivity index (χ1) is 14.4. The third-order valence-electron chi connectivity index (χ3n) is 4.76. The average molecular weight is 410 g/mol. The summed E-state index contributed by atoms with van der Waals surface area (Å²) in [5, 5.41) is 8.37. The number of carbonyl (C=O) groups is 3. The average Bonchev–Trinajstić information content (AvgIpc) is 2.74. The van der Waals surface area contributed by atoms with Gasteiger partial charge in [-0.15, -0.1) is 0 Å². The van der Waals surface area contributed by atoms with Gasteiger partial charge >= 0.3 is 6.03 Å². The third-order valence-corrected chi connectivity index (χ3v) is 4.76. The zero-order valence-electron chi connectivity index (χ0n) is 17.1. The van der Waals surface area contributed by atoms with Gasteiger partial charge in [-0.3, -0.25) is 9.59 Å². The molecule has 8 heteroatoms. The van der Waals surface area contributed by atoms with Crippen molar-refractivity contribution in [1.29, 1.82) is 0 Å². The minimum atomic E-state index is -0.422. The molecule has 158 valence electrons. The summed E-state index contributed by atoms with van der Waals surface area (Å²) in [5.41, 5.74) is 2.39. The van der Waals surface area contributed by atoms with Crippen LogP contribution in [0.5, 0.6) is 0 Å². The number of urea groups is 1. The maximum Gasteiger partial charge on any atom is 0.319 e. The molecule has 0 spiro atoms. The zero-order chi connectivity index (χ0) is 21.5. The minimum absolute atomic E-state index is 0.134. The molecule has 0 bridgehead atoms. The molecule has 1 unspecified atom stereocenters. The normalized spacial score (nSPS) is 14.5. The third kappa shape index (κ3) is 5.57. The van der Waals surface area contributed by atoms with Gasteiger partial charge in [-0.05, 0) is 36.8 Å². The van der Waals surface area contributed by atoms with Crippen molar-refractivity contribution in [2.24, 2.45) is 0 Å². The molecule has 2 aromatic rings. The molecule has 0 aromatic heterocycles. The summed E-state index contributed by atoms with van der Waals surface area (Å²) in [5.74, 6) is -0.294. The number of amides is 4. The number of hydrogen-bond donors (Lipinski definition) is 3. The summed E-state index contributed by atoms with van der Waals surface area (Å²) in [6.07, 6.45) is 0. The van der Waals surface area contributed by atoms with Crippen LogP contribution < -0.4 is 16.0 Å². The SMILES string of the molecule is CC(=O)Nc1cccc(C(C)NC(=O)Nc2ccccc2C(=O)N2CCOCC2)c1. The van der Waals surface area contributed by atoms with Crippen LogP contribution in [0.4, 0.5) is 16.2 Å². The van der Waals surface area contributed by atoms with Crippen molar-refractivity contribution in [3.63, 3.8) is 0 Å². The van der Waals surface area contributed by atoms with Gasteiger partial charge < -0.3 is 25.6 Å². The Balaban J connectivity index is 1.66. The van der Waals surface area contributed by atoms with Gasteiger partial charge in [-0.25, -0.2) is 4.79 Å². The van der Waals surface area contributed by atoms with Gasteiger partial charge in [0.25, 0.3) is 5.91 Å². The number of hydrogen-bond acceptors (Lipinski definition) is 4. The van der Waals surface area contributed by atoms with E-state index < -0.39 is 6.03 Å². The van der Waals surface area contributed by atoms with Crippen LogP contribution in [0, 0.1) is 0 Å². The van der Waals surface area contributed by atoms with Gasteiger partial charge in [0, 0.05) is 25.7 Å². The Labute approximate surface area is 175 Å². The smallest absolute Gasteiger partial charge is 0.319 e. The fourth-order valence-electron chi connectivity index (χ4n) is 3.24. The molecular formula is C22H26N4O4. The van der Waals surface area contributed by atoms with Crippen LogP contribution in [0.15, 0.2) is 48.5 Å². The predicted molar refractivity (Wildman–Crippen MR) is 114 cm³/mol. The fraction of sp³-hybridized carbons (Fsp3) is 0.318. The van der Waals surface area contributed by atoms with Gasteiger partial charge in [0.1, 0.15) is 0 Å². The molecule has 0 radical (unpaired) electrons. The molecule has 8 nitrogen and oxygen atoms in total. The highest BCUT2D eigenvalue weighted by Crippen LogP contribution is 2.20. The van der Waals surface area contributed by atoms with Crippen molar-refractivity contribution in [3.05, 3.63) is 59.7 Å². The summed E-state index contributed by atoms with van der Waals surface area (Å²) in [6.45, 7) is 5.37. The lowest BCUT2D eigenvalue weighted by molar-refractivity contribution is -0.114. The molecule has 0 aliphatic carbocycles. The monoisotopic (exact) mass is 410 g/mol. The Kier molecular flexibility index (Phi) is 7.03. The Morgan fingerprint density at radius 1 is 1.00 bits per heavy atom. The van der Waals surface area contributed by atoms with Crippen LogP contribution in [0.3, 0.4) is 0 Å². The second-order valence-electron chi connectivity index (χ2n) is 7.08. The summed E-state index contributed by atoms with van der Waals surface area (Å²) >= 11 is 0. The fourth-order valence-corrected chi connectivity index (χ4v) is 3.24. The van der Waals surface area contributed by atoms with Gasteiger partial charge in [0.05, 0.1) is 30.5 Å². The maximum atomic E-state index is 12.8. The van der Waals surface area contributed by atoms with Crippen LogP contribution in [-0.2, 0) is 9.53 Å². The first kappa shape index (κ1) is 21.3. The molecule has 1 aliphatic rings. The lowest BCUT2D eigenvalue weighted by Gasteiger charge is -2.27. The van der Waals surface area contributed by atoms with Crippen LogP contribution in [0.25, 0.3) is 0 Å². The van der Waals surface area contributed by atoms with E-state index in [1.54, 1.807) is 35.2 Å². The predicted octanol–water partition coefficient (Wildman–Crippen LogP) is 3.00. The zero-order valence-corrected chi connectivity index (χ0v) is 17.1. The van der Waals surface area contributed by atoms with Crippen LogP contribution in [0.1, 0.15) is 35.8 Å². The molecule has 1 aliphatic heterocycles. The molecule has 30 heavy (non-hydrogen) atoms. The van der Waals surface area contributed by atoms with Crippen LogP contribution in [0.2, 0.25) is 0 Å². The minimum Gasteiger partial charge on any atom is -0.378 e. The second kappa shape index (κ2) is 9.89. The number of anilines is 2. The maximum absolute atomic E-state index is 12.8. The van der Waals surface area contributed by atoms with E-state index in [4.69, 9.17) is 4.74 Å². The van der Waals surface area contributed by atoms with Crippen LogP contribution in [-0.4, -0.2) is 49.0 Å². The Morgan fingerprint density at radius 3 is 2.47 bits per heavy atom. The van der Waals surface area contributed by atoms with Crippen molar-refractivity contribution in [1.82, 2.24) is 10.2 Å². The molecule has 1 heterocycles. The van der Waals surface area contributed by atoms with E-state index in [2.05, 4.69) is 16.0 Å². The van der Waals surface area contributed by atoms with E-state index >= 15 is 0 Å². The largest absolute Gasteiger partial charge is 0.378 e. The highest BCUT2D eigenvalue weighted by Gasteiger charge is 2.21. The summed E-state index contributed by atoms with van der Waals surface area (Å²) in [7, 11) is 0. The number of para-hydroxylation sites is 1. The van der Waals surface area contributed by atoms with Gasteiger partial charge in [0.2, 0.25) is 5.91 Å². The van der Waals surface area contributed by atoms with E-state index in [0.29, 0.717) is 43.2 Å². The molecule has 1 saturated heterocycles. The molecular weight excluding hydrogens is 384 g/mol. The molecule has 1 atom stereocenters. The number of benzene rings is 2. The quantitative estimate of drug-likeness (QED) is 0.705. The number of ether oxygens (including phenoxy) is 1. The Morgan fingerprint density at radius 2 is 1.73 bits per heavy atom. The molecule has 3 rings (SSSR count). The van der Waals surface area contributed by atoms with Gasteiger partial charge in [0.15, 0.2) is 0 Å². The second-order valence-corrected chi connectivity index (χ2v) is 7.08. The van der Waals surface area contributed by atoms with E-state index in [1.165, 1.54) is 6.92 Å². The van der Waals surface area contributed by atoms with E-state index in [-0.39, 0.29) is 17.9 Å². The van der Waals surface area contributed by atoms with E-state index in [0.717, 1.165) is 5.56 Å². The topological polar surface area (TPSA) is 99.8 Å². The lowest BCUT2D eigenvalue weighted by atomic mass is 10.1. The summed E-state index contributed by atoms with van der Waals surface area (Å²) < 4.78 is 5.30. The number of rotatable bonds is 5. The molecule has 4 amide bonds. The first-order valence-electron chi connectivity index (χ1n) is 9.85. The number of carbonyl (C=O) groups excluding carboxylic acids is 3. The molecule has 0 saturated carbocycles. The van der Waals surface area contributed by atoms with E-state index in [9.17, 15) is 14.4 Å². The first-order valence-corrected chi connectivity index (χ1v) is 9.85. The van der Waals surface area contributed by atoms with E-state index in [1.807, 2.05) is 25.1 Å². The molecule has 1 fully saturated rings.